The number of carbonyl (C=O) groups is 1. The van der Waals surface area contributed by atoms with Crippen molar-refractivity contribution in [1.29, 1.82) is 0 Å². The maximum Gasteiger partial charge on any atom is 0.338 e. The van der Waals surface area contributed by atoms with E-state index in [1.54, 1.807) is 61.9 Å². The average Bonchev–Trinajstić information content (AvgIpc) is 3.34. The van der Waals surface area contributed by atoms with E-state index in [1.165, 1.54) is 30.0 Å². The van der Waals surface area contributed by atoms with Crippen LogP contribution >= 0.6 is 23.4 Å². The molecular formula is C30H27ClF2N4O3S. The summed E-state index contributed by atoms with van der Waals surface area (Å²) in [7, 11) is 0. The van der Waals surface area contributed by atoms with E-state index in [0.717, 1.165) is 5.56 Å². The number of halogens is 3. The smallest absolute Gasteiger partial charge is 0.338 e. The van der Waals surface area contributed by atoms with E-state index in [-0.39, 0.29) is 29.1 Å². The van der Waals surface area contributed by atoms with Gasteiger partial charge in [0.05, 0.1) is 16.7 Å². The van der Waals surface area contributed by atoms with Crippen molar-refractivity contribution in [2.75, 3.05) is 5.32 Å². The largest absolute Gasteiger partial charge is 0.489 e. The molecule has 1 aliphatic rings. The van der Waals surface area contributed by atoms with Crippen LogP contribution in [0.3, 0.4) is 0 Å². The Kier molecular flexibility index (Phi) is 8.60. The third-order valence-corrected chi connectivity index (χ3v) is 7.59. The van der Waals surface area contributed by atoms with Gasteiger partial charge in [-0.1, -0.05) is 59.8 Å². The zero-order valence-electron chi connectivity index (χ0n) is 22.5. The summed E-state index contributed by atoms with van der Waals surface area (Å²) in [6.45, 7) is 5.31. The number of nitrogens with zero attached hydrogens (tertiary/aromatic N) is 3. The van der Waals surface area contributed by atoms with E-state index in [2.05, 4.69) is 15.4 Å². The van der Waals surface area contributed by atoms with Crippen molar-refractivity contribution in [2.45, 2.75) is 50.4 Å². The Balaban J connectivity index is 1.43. The van der Waals surface area contributed by atoms with Crippen LogP contribution in [0.15, 0.2) is 83.2 Å². The van der Waals surface area contributed by atoms with Gasteiger partial charge in [-0.25, -0.2) is 18.3 Å². The Bertz CT molecular complexity index is 1590. The third kappa shape index (κ3) is 6.39. The van der Waals surface area contributed by atoms with Gasteiger partial charge in [0, 0.05) is 17.0 Å². The molecule has 0 radical (unpaired) electrons. The second kappa shape index (κ2) is 12.3. The van der Waals surface area contributed by atoms with Crippen molar-refractivity contribution in [2.24, 2.45) is 0 Å². The second-order valence-corrected chi connectivity index (χ2v) is 11.0. The van der Waals surface area contributed by atoms with Crippen LogP contribution in [0.25, 0.3) is 0 Å². The van der Waals surface area contributed by atoms with Crippen LogP contribution in [0.5, 0.6) is 5.75 Å². The number of thioether (sulfide) groups is 1. The fourth-order valence-electron chi connectivity index (χ4n) is 4.37. The number of esters is 1. The minimum Gasteiger partial charge on any atom is -0.489 e. The van der Waals surface area contributed by atoms with Crippen molar-refractivity contribution < 1.29 is 23.0 Å². The number of aromatic nitrogens is 3. The van der Waals surface area contributed by atoms with Gasteiger partial charge in [0.15, 0.2) is 0 Å². The number of benzene rings is 3. The summed E-state index contributed by atoms with van der Waals surface area (Å²) in [5.74, 6) is 0.0586. The summed E-state index contributed by atoms with van der Waals surface area (Å²) in [4.78, 5) is 17.9. The SMILES string of the molecule is CC1=C(C(=O)OC(C)C)C(c2ccc(OCc3c(F)cccc3Cl)cc2)n2nc(SCc3ccccc3F)nc2N1. The van der Waals surface area contributed by atoms with Gasteiger partial charge in [-0.2, -0.15) is 4.98 Å². The molecule has 0 aliphatic carbocycles. The van der Waals surface area contributed by atoms with Gasteiger partial charge in [-0.05, 0) is 62.2 Å². The summed E-state index contributed by atoms with van der Waals surface area (Å²) < 4.78 is 41.3. The highest BCUT2D eigenvalue weighted by Gasteiger charge is 2.35. The van der Waals surface area contributed by atoms with Crippen LogP contribution in [0.2, 0.25) is 5.02 Å². The lowest BCUT2D eigenvalue weighted by Gasteiger charge is -2.28. The van der Waals surface area contributed by atoms with Crippen molar-refractivity contribution in [3.8, 4) is 5.75 Å². The number of rotatable bonds is 9. The van der Waals surface area contributed by atoms with Gasteiger partial charge in [0.2, 0.25) is 11.1 Å². The molecule has 3 aromatic carbocycles. The molecule has 41 heavy (non-hydrogen) atoms. The van der Waals surface area contributed by atoms with Gasteiger partial charge < -0.3 is 14.8 Å². The van der Waals surface area contributed by atoms with Crippen molar-refractivity contribution in [3.05, 3.63) is 111 Å². The molecule has 0 saturated heterocycles. The van der Waals surface area contributed by atoms with E-state index in [0.29, 0.717) is 39.4 Å². The quantitative estimate of drug-likeness (QED) is 0.160. The van der Waals surface area contributed by atoms with E-state index in [9.17, 15) is 13.6 Å². The fraction of sp³-hybridized carbons (Fsp3) is 0.233. The Hall–Kier alpha value is -3.89. The van der Waals surface area contributed by atoms with Crippen molar-refractivity contribution in [1.82, 2.24) is 14.8 Å². The number of anilines is 1. The molecule has 0 fully saturated rings. The number of allylic oxidation sites excluding steroid dienone is 1. The van der Waals surface area contributed by atoms with Gasteiger partial charge in [0.1, 0.15) is 30.0 Å². The molecule has 0 amide bonds. The highest BCUT2D eigenvalue weighted by molar-refractivity contribution is 7.98. The van der Waals surface area contributed by atoms with Gasteiger partial charge in [-0.3, -0.25) is 0 Å². The summed E-state index contributed by atoms with van der Waals surface area (Å²) in [6.07, 6.45) is -0.325. The first-order valence-corrected chi connectivity index (χ1v) is 14.2. The first kappa shape index (κ1) is 28.6. The van der Waals surface area contributed by atoms with Gasteiger partial charge in [0.25, 0.3) is 0 Å². The number of hydrogen-bond donors (Lipinski definition) is 1. The van der Waals surface area contributed by atoms with E-state index in [4.69, 9.17) is 21.1 Å². The maximum absolute atomic E-state index is 14.2. The molecule has 1 aromatic heterocycles. The first-order chi connectivity index (χ1) is 19.7. The molecule has 0 bridgehead atoms. The van der Waals surface area contributed by atoms with E-state index >= 15 is 0 Å². The fourth-order valence-corrected chi connectivity index (χ4v) is 5.41. The lowest BCUT2D eigenvalue weighted by Crippen LogP contribution is -2.30. The Morgan fingerprint density at radius 3 is 2.51 bits per heavy atom. The molecule has 0 spiro atoms. The molecule has 1 atom stereocenters. The molecule has 212 valence electrons. The first-order valence-electron chi connectivity index (χ1n) is 12.9. The summed E-state index contributed by atoms with van der Waals surface area (Å²) >= 11 is 7.41. The van der Waals surface area contributed by atoms with Crippen LogP contribution in [0, 0.1) is 11.6 Å². The molecule has 7 nitrogen and oxygen atoms in total. The monoisotopic (exact) mass is 596 g/mol. The summed E-state index contributed by atoms with van der Waals surface area (Å²) in [5, 5.41) is 8.54. The molecule has 1 unspecified atom stereocenters. The predicted octanol–water partition coefficient (Wildman–Crippen LogP) is 7.32. The number of fused-ring (bicyclic) bond motifs is 1. The highest BCUT2D eigenvalue weighted by atomic mass is 35.5. The van der Waals surface area contributed by atoms with Crippen LogP contribution in [0.4, 0.5) is 14.7 Å². The zero-order chi connectivity index (χ0) is 29.1. The molecular weight excluding hydrogens is 570 g/mol. The normalized spacial score (nSPS) is 14.6. The summed E-state index contributed by atoms with van der Waals surface area (Å²) in [5.41, 5.74) is 2.50. The van der Waals surface area contributed by atoms with Crippen LogP contribution in [-0.4, -0.2) is 26.8 Å². The van der Waals surface area contributed by atoms with E-state index in [1.807, 2.05) is 12.1 Å². The molecule has 1 N–H and O–H groups in total. The molecule has 0 saturated carbocycles. The third-order valence-electron chi connectivity index (χ3n) is 6.35. The number of ether oxygens (including phenoxy) is 2. The van der Waals surface area contributed by atoms with E-state index < -0.39 is 17.8 Å². The Morgan fingerprint density at radius 2 is 1.80 bits per heavy atom. The Morgan fingerprint density at radius 1 is 1.07 bits per heavy atom. The number of carbonyl (C=O) groups excluding carboxylic acids is 1. The topological polar surface area (TPSA) is 78.3 Å². The lowest BCUT2D eigenvalue weighted by molar-refractivity contribution is -0.143. The van der Waals surface area contributed by atoms with Crippen LogP contribution < -0.4 is 10.1 Å². The van der Waals surface area contributed by atoms with Crippen LogP contribution in [-0.2, 0) is 21.9 Å². The number of hydrogen-bond acceptors (Lipinski definition) is 7. The molecule has 2 heterocycles. The Labute approximate surface area is 245 Å². The number of nitrogens with one attached hydrogen (secondary N) is 1. The van der Waals surface area contributed by atoms with Gasteiger partial charge in [-0.15, -0.1) is 5.10 Å². The predicted molar refractivity (Wildman–Crippen MR) is 154 cm³/mol. The molecule has 1 aliphatic heterocycles. The van der Waals surface area contributed by atoms with Crippen molar-refractivity contribution in [3.63, 3.8) is 0 Å². The zero-order valence-corrected chi connectivity index (χ0v) is 24.1. The standard InChI is InChI=1S/C30H27ClF2N4O3S/c1-17(2)40-28(38)26-18(3)34-29-35-30(41-16-20-7-4-5-9-24(20)32)36-37(29)27(26)19-11-13-21(14-12-19)39-15-22-23(31)8-6-10-25(22)33/h4-14,17,27H,15-16H2,1-3H3,(H,34,35,36). The summed E-state index contributed by atoms with van der Waals surface area (Å²) in [6, 6.07) is 17.5. The average molecular weight is 597 g/mol. The molecule has 4 aromatic rings. The van der Waals surface area contributed by atoms with Gasteiger partial charge >= 0.3 is 5.97 Å². The minimum absolute atomic E-state index is 0.0427. The molecule has 5 rings (SSSR count). The highest BCUT2D eigenvalue weighted by Crippen LogP contribution is 2.38. The lowest BCUT2D eigenvalue weighted by atomic mass is 9.95. The molecule has 11 heteroatoms. The second-order valence-electron chi connectivity index (χ2n) is 9.62. The van der Waals surface area contributed by atoms with Crippen molar-refractivity contribution >= 4 is 35.3 Å². The van der Waals surface area contributed by atoms with Crippen LogP contribution in [0.1, 0.15) is 43.5 Å². The maximum atomic E-state index is 14.2. The minimum atomic E-state index is -0.650.